The third kappa shape index (κ3) is 3.92. The fourth-order valence-electron chi connectivity index (χ4n) is 2.22. The van der Waals surface area contributed by atoms with Crippen LogP contribution in [-0.4, -0.2) is 38.9 Å². The van der Waals surface area contributed by atoms with Crippen LogP contribution in [0.15, 0.2) is 28.7 Å². The third-order valence-corrected chi connectivity index (χ3v) is 5.20. The van der Waals surface area contributed by atoms with E-state index in [9.17, 15) is 8.42 Å². The summed E-state index contributed by atoms with van der Waals surface area (Å²) in [5, 5.41) is 3.38. The summed E-state index contributed by atoms with van der Waals surface area (Å²) in [5.41, 5.74) is 1.00. The lowest BCUT2D eigenvalue weighted by atomic mass is 10.1. The summed E-state index contributed by atoms with van der Waals surface area (Å²) in [6.07, 6.45) is 1.84. The number of hydrogen-bond acceptors (Lipinski definition) is 3. The zero-order valence-electron chi connectivity index (χ0n) is 10.8. The molecule has 106 valence electrons. The van der Waals surface area contributed by atoms with Crippen molar-refractivity contribution in [3.8, 4) is 0 Å². The van der Waals surface area contributed by atoms with E-state index in [1.54, 1.807) is 0 Å². The maximum absolute atomic E-state index is 11.8. The number of nitrogens with zero attached hydrogens (tertiary/aromatic N) is 1. The molecule has 2 rings (SSSR count). The molecule has 1 aromatic carbocycles. The summed E-state index contributed by atoms with van der Waals surface area (Å²) in [6.45, 7) is 1.08. The Morgan fingerprint density at radius 3 is 2.89 bits per heavy atom. The van der Waals surface area contributed by atoms with Crippen molar-refractivity contribution in [2.45, 2.75) is 18.9 Å². The van der Waals surface area contributed by atoms with Crippen molar-refractivity contribution in [2.24, 2.45) is 0 Å². The largest absolute Gasteiger partial charge is 0.381 e. The van der Waals surface area contributed by atoms with E-state index in [4.69, 9.17) is 0 Å². The molecule has 1 atom stereocenters. The van der Waals surface area contributed by atoms with E-state index in [1.807, 2.05) is 24.3 Å². The van der Waals surface area contributed by atoms with Crippen molar-refractivity contribution in [3.05, 3.63) is 28.7 Å². The number of piperidine rings is 1. The topological polar surface area (TPSA) is 61.4 Å². The van der Waals surface area contributed by atoms with E-state index in [0.717, 1.165) is 23.0 Å². The Morgan fingerprint density at radius 2 is 2.21 bits per heavy atom. The van der Waals surface area contributed by atoms with Crippen molar-refractivity contribution in [1.29, 1.82) is 0 Å². The molecule has 1 fully saturated rings. The highest BCUT2D eigenvalue weighted by atomic mass is 79.9. The van der Waals surface area contributed by atoms with E-state index in [2.05, 4.69) is 26.0 Å². The molecule has 1 aromatic rings. The van der Waals surface area contributed by atoms with Crippen LogP contribution in [0.1, 0.15) is 12.8 Å². The lowest BCUT2D eigenvalue weighted by Crippen LogP contribution is -2.48. The van der Waals surface area contributed by atoms with Gasteiger partial charge in [0.05, 0.1) is 0 Å². The molecule has 19 heavy (non-hydrogen) atoms. The number of nitrogens with one attached hydrogen (secondary N) is 2. The first kappa shape index (κ1) is 14.8. The average molecular weight is 348 g/mol. The lowest BCUT2D eigenvalue weighted by molar-refractivity contribution is 0.324. The van der Waals surface area contributed by atoms with Gasteiger partial charge in [-0.25, -0.2) is 4.72 Å². The van der Waals surface area contributed by atoms with Crippen LogP contribution in [0.3, 0.4) is 0 Å². The van der Waals surface area contributed by atoms with Crippen LogP contribution >= 0.6 is 15.9 Å². The van der Waals surface area contributed by atoms with Gasteiger partial charge in [-0.05, 0) is 31.0 Å². The van der Waals surface area contributed by atoms with Crippen molar-refractivity contribution in [1.82, 2.24) is 9.03 Å². The summed E-state index contributed by atoms with van der Waals surface area (Å²) in [4.78, 5) is 0. The lowest BCUT2D eigenvalue weighted by Gasteiger charge is -2.32. The first-order valence-electron chi connectivity index (χ1n) is 6.22. The van der Waals surface area contributed by atoms with Crippen LogP contribution in [-0.2, 0) is 10.2 Å². The second-order valence-corrected chi connectivity index (χ2v) is 7.35. The Morgan fingerprint density at radius 1 is 1.42 bits per heavy atom. The Labute approximate surface area is 122 Å². The Hall–Kier alpha value is -0.630. The van der Waals surface area contributed by atoms with Crippen molar-refractivity contribution < 1.29 is 8.42 Å². The summed E-state index contributed by atoms with van der Waals surface area (Å²) in [5.74, 6) is 0. The van der Waals surface area contributed by atoms with Crippen LogP contribution in [0.25, 0.3) is 0 Å². The standard InChI is InChI=1S/C12H18BrN3O2S/c1-14-19(17,18)16-7-3-6-12(9-16)15-11-5-2-4-10(13)8-11/h2,4-5,8,12,14-15H,3,6-7,9H2,1H3. The summed E-state index contributed by atoms with van der Waals surface area (Å²) in [7, 11) is -1.88. The highest BCUT2D eigenvalue weighted by molar-refractivity contribution is 9.10. The molecule has 1 unspecified atom stereocenters. The molecule has 1 heterocycles. The predicted molar refractivity (Wildman–Crippen MR) is 80.3 cm³/mol. The third-order valence-electron chi connectivity index (χ3n) is 3.18. The van der Waals surface area contributed by atoms with Crippen LogP contribution in [0.4, 0.5) is 5.69 Å². The van der Waals surface area contributed by atoms with Gasteiger partial charge in [0, 0.05) is 36.3 Å². The number of hydrogen-bond donors (Lipinski definition) is 2. The average Bonchev–Trinajstić information content (AvgIpc) is 2.39. The Balaban J connectivity index is 2.02. The molecule has 0 radical (unpaired) electrons. The minimum atomic E-state index is -3.32. The minimum Gasteiger partial charge on any atom is -0.381 e. The van der Waals surface area contributed by atoms with Gasteiger partial charge in [-0.2, -0.15) is 12.7 Å². The molecule has 0 spiro atoms. The minimum absolute atomic E-state index is 0.145. The fourth-order valence-corrected chi connectivity index (χ4v) is 3.62. The van der Waals surface area contributed by atoms with E-state index >= 15 is 0 Å². The number of halogens is 1. The molecule has 1 saturated heterocycles. The highest BCUT2D eigenvalue weighted by Gasteiger charge is 2.27. The second kappa shape index (κ2) is 6.21. The molecule has 2 N–H and O–H groups in total. The fraction of sp³-hybridized carbons (Fsp3) is 0.500. The Bertz CT molecular complexity index is 536. The van der Waals surface area contributed by atoms with Gasteiger partial charge in [0.1, 0.15) is 0 Å². The molecule has 1 aliphatic heterocycles. The molecule has 0 saturated carbocycles. The summed E-state index contributed by atoms with van der Waals surface area (Å²) < 4.78 is 28.4. The second-order valence-electron chi connectivity index (χ2n) is 4.56. The van der Waals surface area contributed by atoms with Crippen LogP contribution in [0.2, 0.25) is 0 Å². The molecular formula is C12H18BrN3O2S. The summed E-state index contributed by atoms with van der Waals surface area (Å²) in [6, 6.07) is 8.04. The molecule has 7 heteroatoms. The smallest absolute Gasteiger partial charge is 0.279 e. The maximum Gasteiger partial charge on any atom is 0.279 e. The quantitative estimate of drug-likeness (QED) is 0.872. The first-order valence-corrected chi connectivity index (χ1v) is 8.45. The van der Waals surface area contributed by atoms with E-state index in [0.29, 0.717) is 13.1 Å². The van der Waals surface area contributed by atoms with Gasteiger partial charge in [-0.3, -0.25) is 0 Å². The highest BCUT2D eigenvalue weighted by Crippen LogP contribution is 2.20. The van der Waals surface area contributed by atoms with Gasteiger partial charge < -0.3 is 5.32 Å². The van der Waals surface area contributed by atoms with Gasteiger partial charge in [-0.15, -0.1) is 0 Å². The molecular weight excluding hydrogens is 330 g/mol. The summed E-state index contributed by atoms with van der Waals surface area (Å²) >= 11 is 3.43. The maximum atomic E-state index is 11.8. The van der Waals surface area contributed by atoms with Crippen molar-refractivity contribution >= 4 is 31.8 Å². The molecule has 1 aliphatic rings. The molecule has 0 aromatic heterocycles. The molecule has 0 aliphatic carbocycles. The van der Waals surface area contributed by atoms with Crippen molar-refractivity contribution in [3.63, 3.8) is 0 Å². The van der Waals surface area contributed by atoms with Gasteiger partial charge in [0.2, 0.25) is 0 Å². The number of benzene rings is 1. The number of rotatable bonds is 4. The zero-order chi connectivity index (χ0) is 13.9. The van der Waals surface area contributed by atoms with Gasteiger partial charge in [-0.1, -0.05) is 22.0 Å². The van der Waals surface area contributed by atoms with Crippen molar-refractivity contribution in [2.75, 3.05) is 25.5 Å². The number of anilines is 1. The van der Waals surface area contributed by atoms with Crippen LogP contribution < -0.4 is 10.0 Å². The van der Waals surface area contributed by atoms with E-state index in [1.165, 1.54) is 11.4 Å². The van der Waals surface area contributed by atoms with E-state index < -0.39 is 10.2 Å². The van der Waals surface area contributed by atoms with Crippen LogP contribution in [0, 0.1) is 0 Å². The molecule has 0 amide bonds. The van der Waals surface area contributed by atoms with Gasteiger partial charge >= 0.3 is 0 Å². The monoisotopic (exact) mass is 347 g/mol. The normalized spacial score (nSPS) is 21.3. The van der Waals surface area contributed by atoms with Gasteiger partial charge in [0.25, 0.3) is 10.2 Å². The molecule has 5 nitrogen and oxygen atoms in total. The first-order chi connectivity index (χ1) is 9.01. The zero-order valence-corrected chi connectivity index (χ0v) is 13.2. The SMILES string of the molecule is CNS(=O)(=O)N1CCCC(Nc2cccc(Br)c2)C1. The van der Waals surface area contributed by atoms with Gasteiger partial charge in [0.15, 0.2) is 0 Å². The molecule has 0 bridgehead atoms. The Kier molecular flexibility index (Phi) is 4.83. The predicted octanol–water partition coefficient (Wildman–Crippen LogP) is 1.79. The van der Waals surface area contributed by atoms with Crippen LogP contribution in [0.5, 0.6) is 0 Å². The van der Waals surface area contributed by atoms with E-state index in [-0.39, 0.29) is 6.04 Å².